The van der Waals surface area contributed by atoms with E-state index in [9.17, 15) is 13.9 Å². The molecule has 1 saturated carbocycles. The van der Waals surface area contributed by atoms with Crippen LogP contribution in [0.5, 0.6) is 0 Å². The Morgan fingerprint density at radius 2 is 1.81 bits per heavy atom. The van der Waals surface area contributed by atoms with Crippen LogP contribution in [0.25, 0.3) is 0 Å². The molecule has 2 unspecified atom stereocenters. The maximum atomic E-state index is 13.5. The molecule has 3 rings (SSSR count). The van der Waals surface area contributed by atoms with E-state index in [0.29, 0.717) is 18.0 Å². The van der Waals surface area contributed by atoms with E-state index in [4.69, 9.17) is 5.73 Å². The van der Waals surface area contributed by atoms with Gasteiger partial charge in [-0.25, -0.2) is 8.78 Å². The molecular weight excluding hydrogens is 406 g/mol. The minimum Gasteiger partial charge on any atom is -0.390 e. The van der Waals surface area contributed by atoms with Crippen LogP contribution in [0, 0.1) is 17.6 Å². The minimum absolute atomic E-state index is 0.0528. The lowest BCUT2D eigenvalue weighted by atomic mass is 9.68. The maximum absolute atomic E-state index is 13.5. The number of nitrogens with one attached hydrogen (secondary N) is 1. The second-order valence-electron chi connectivity index (χ2n) is 10.5. The number of aliphatic hydroxyl groups excluding tert-OH is 1. The third-order valence-electron chi connectivity index (χ3n) is 7.06. The number of hydrogen-bond acceptors (Lipinski definition) is 3. The smallest absolute Gasteiger partial charge is 0.126 e. The molecule has 32 heavy (non-hydrogen) atoms. The number of hydrogen-bond donors (Lipinski definition) is 3. The highest BCUT2D eigenvalue weighted by Gasteiger charge is 2.40. The van der Waals surface area contributed by atoms with Crippen LogP contribution in [-0.2, 0) is 17.4 Å². The third-order valence-corrected chi connectivity index (χ3v) is 7.06. The average molecular weight is 445 g/mol. The van der Waals surface area contributed by atoms with E-state index in [-0.39, 0.29) is 17.4 Å². The summed E-state index contributed by atoms with van der Waals surface area (Å²) in [6.45, 7) is 9.25. The Morgan fingerprint density at radius 1 is 1.12 bits per heavy atom. The van der Waals surface area contributed by atoms with Gasteiger partial charge in [0.2, 0.25) is 0 Å². The zero-order valence-corrected chi connectivity index (χ0v) is 19.8. The highest BCUT2D eigenvalue weighted by atomic mass is 19.1. The Labute approximate surface area is 191 Å². The number of nitrogens with two attached hydrogens (primary N) is 1. The van der Waals surface area contributed by atoms with E-state index in [1.807, 2.05) is 0 Å². The molecule has 2 aromatic carbocycles. The van der Waals surface area contributed by atoms with E-state index in [1.54, 1.807) is 0 Å². The summed E-state index contributed by atoms with van der Waals surface area (Å²) in [4.78, 5) is 0. The van der Waals surface area contributed by atoms with E-state index in [1.165, 1.54) is 29.7 Å². The molecule has 176 valence electrons. The van der Waals surface area contributed by atoms with Gasteiger partial charge < -0.3 is 16.2 Å². The van der Waals surface area contributed by atoms with Gasteiger partial charge in [0, 0.05) is 24.2 Å². The normalized spacial score (nSPS) is 23.7. The molecule has 0 radical (unpaired) electrons. The van der Waals surface area contributed by atoms with Gasteiger partial charge >= 0.3 is 0 Å². The first-order valence-corrected chi connectivity index (χ1v) is 11.8. The highest BCUT2D eigenvalue weighted by Crippen LogP contribution is 2.42. The molecule has 0 bridgehead atoms. The van der Waals surface area contributed by atoms with Crippen molar-refractivity contribution in [1.29, 1.82) is 0 Å². The second kappa shape index (κ2) is 9.98. The molecule has 0 amide bonds. The fourth-order valence-corrected chi connectivity index (χ4v) is 4.98. The zero-order valence-electron chi connectivity index (χ0n) is 19.8. The van der Waals surface area contributed by atoms with Gasteiger partial charge in [0.25, 0.3) is 0 Å². The van der Waals surface area contributed by atoms with Crippen molar-refractivity contribution in [3.05, 3.63) is 70.8 Å². The van der Waals surface area contributed by atoms with Crippen LogP contribution in [0.3, 0.4) is 0 Å². The van der Waals surface area contributed by atoms with E-state index in [2.05, 4.69) is 57.3 Å². The summed E-state index contributed by atoms with van der Waals surface area (Å²) < 4.78 is 27.0. The van der Waals surface area contributed by atoms with Crippen LogP contribution in [0.4, 0.5) is 8.78 Å². The fraction of sp³-hybridized carbons (Fsp3) is 0.556. The molecule has 4 N–H and O–H groups in total. The lowest BCUT2D eigenvalue weighted by Gasteiger charge is -2.45. The number of halogens is 2. The summed E-state index contributed by atoms with van der Waals surface area (Å²) in [5, 5.41) is 14.5. The first-order valence-electron chi connectivity index (χ1n) is 11.8. The molecule has 5 heteroatoms. The first kappa shape index (κ1) is 24.8. The average Bonchev–Trinajstić information content (AvgIpc) is 2.72. The Hall–Kier alpha value is -1.82. The van der Waals surface area contributed by atoms with Crippen molar-refractivity contribution in [2.75, 3.05) is 6.54 Å². The summed E-state index contributed by atoms with van der Waals surface area (Å²) in [6.07, 6.45) is 3.83. The van der Waals surface area contributed by atoms with Crippen molar-refractivity contribution in [3.8, 4) is 0 Å². The van der Waals surface area contributed by atoms with Crippen LogP contribution in [0.1, 0.15) is 70.1 Å². The predicted octanol–water partition coefficient (Wildman–Crippen LogP) is 5.19. The van der Waals surface area contributed by atoms with Gasteiger partial charge in [-0.05, 0) is 59.4 Å². The largest absolute Gasteiger partial charge is 0.390 e. The predicted molar refractivity (Wildman–Crippen MR) is 126 cm³/mol. The van der Waals surface area contributed by atoms with E-state index >= 15 is 0 Å². The molecule has 0 heterocycles. The fourth-order valence-electron chi connectivity index (χ4n) is 4.98. The van der Waals surface area contributed by atoms with Crippen LogP contribution in [-0.4, -0.2) is 23.8 Å². The Bertz CT molecular complexity index is 891. The van der Waals surface area contributed by atoms with E-state index in [0.717, 1.165) is 25.3 Å². The molecule has 1 aliphatic rings. The summed E-state index contributed by atoms with van der Waals surface area (Å²) in [6, 6.07) is 11.5. The molecule has 4 atom stereocenters. The van der Waals surface area contributed by atoms with Crippen LogP contribution >= 0.6 is 0 Å². The summed E-state index contributed by atoms with van der Waals surface area (Å²) in [5.41, 5.74) is 9.05. The molecule has 0 aromatic heterocycles. The van der Waals surface area contributed by atoms with Gasteiger partial charge in [0.15, 0.2) is 0 Å². The Kier molecular flexibility index (Phi) is 7.74. The van der Waals surface area contributed by atoms with Gasteiger partial charge in [-0.15, -0.1) is 0 Å². The molecule has 1 fully saturated rings. The lowest BCUT2D eigenvalue weighted by Crippen LogP contribution is -2.54. The number of rotatable bonds is 7. The SMILES string of the molecule is CC1CCCCC1(NC[C@@H](O)[C@@H](N)Cc1cc(F)cc(F)c1)c1cccc(C(C)(C)C)c1. The van der Waals surface area contributed by atoms with Gasteiger partial charge in [-0.3, -0.25) is 0 Å². The van der Waals surface area contributed by atoms with Crippen molar-refractivity contribution in [2.45, 2.75) is 82.9 Å². The Balaban J connectivity index is 1.78. The van der Waals surface area contributed by atoms with Crippen molar-refractivity contribution >= 4 is 0 Å². The molecule has 3 nitrogen and oxygen atoms in total. The van der Waals surface area contributed by atoms with E-state index < -0.39 is 23.8 Å². The van der Waals surface area contributed by atoms with Crippen LogP contribution < -0.4 is 11.1 Å². The highest BCUT2D eigenvalue weighted by molar-refractivity contribution is 5.34. The van der Waals surface area contributed by atoms with Gasteiger partial charge in [0.05, 0.1) is 6.10 Å². The third kappa shape index (κ3) is 5.75. The van der Waals surface area contributed by atoms with Crippen LogP contribution in [0.2, 0.25) is 0 Å². The summed E-state index contributed by atoms with van der Waals surface area (Å²) in [5.74, 6) is -0.853. The zero-order chi connectivity index (χ0) is 23.5. The molecule has 0 aliphatic heterocycles. The summed E-state index contributed by atoms with van der Waals surface area (Å²) >= 11 is 0. The van der Waals surface area contributed by atoms with Crippen molar-refractivity contribution in [3.63, 3.8) is 0 Å². The number of benzene rings is 2. The van der Waals surface area contributed by atoms with Gasteiger partial charge in [-0.2, -0.15) is 0 Å². The van der Waals surface area contributed by atoms with Crippen LogP contribution in [0.15, 0.2) is 42.5 Å². The topological polar surface area (TPSA) is 58.3 Å². The number of aliphatic hydroxyl groups is 1. The first-order chi connectivity index (χ1) is 15.0. The Morgan fingerprint density at radius 3 is 2.44 bits per heavy atom. The molecule has 0 saturated heterocycles. The standard InChI is InChI=1S/C27H38F2N2O/c1-18-8-5-6-11-27(18,21-10-7-9-20(15-21)26(2,3)4)31-17-25(32)24(30)14-19-12-22(28)16-23(29)13-19/h7,9-10,12-13,15-16,18,24-25,31-32H,5-6,8,11,14,17,30H2,1-4H3/t18?,24-,25+,27?/m0/s1. The van der Waals surface area contributed by atoms with Gasteiger partial charge in [0.1, 0.15) is 11.6 Å². The minimum atomic E-state index is -0.835. The maximum Gasteiger partial charge on any atom is 0.126 e. The molecule has 2 aromatic rings. The molecule has 0 spiro atoms. The molecular formula is C27H38F2N2O. The quantitative estimate of drug-likeness (QED) is 0.551. The van der Waals surface area contributed by atoms with Crippen molar-refractivity contribution in [2.24, 2.45) is 11.7 Å². The van der Waals surface area contributed by atoms with Crippen molar-refractivity contribution < 1.29 is 13.9 Å². The van der Waals surface area contributed by atoms with Crippen molar-refractivity contribution in [1.82, 2.24) is 5.32 Å². The van der Waals surface area contributed by atoms with Gasteiger partial charge in [-0.1, -0.05) is 64.8 Å². The monoisotopic (exact) mass is 444 g/mol. The summed E-state index contributed by atoms with van der Waals surface area (Å²) in [7, 11) is 0. The second-order valence-corrected chi connectivity index (χ2v) is 10.5. The molecule has 1 aliphatic carbocycles. The lowest BCUT2D eigenvalue weighted by molar-refractivity contribution is 0.0948.